The largest absolute Gasteiger partial charge is 0.384 e. The highest BCUT2D eigenvalue weighted by Crippen LogP contribution is 2.27. The van der Waals surface area contributed by atoms with Crippen LogP contribution in [-0.2, 0) is 6.54 Å². The van der Waals surface area contributed by atoms with Crippen molar-refractivity contribution >= 4 is 17.0 Å². The summed E-state index contributed by atoms with van der Waals surface area (Å²) in [4.78, 5) is 9.03. The highest BCUT2D eigenvalue weighted by Gasteiger charge is 2.20. The van der Waals surface area contributed by atoms with Gasteiger partial charge in [0, 0.05) is 49.7 Å². The van der Waals surface area contributed by atoms with E-state index in [1.54, 1.807) is 16.9 Å². The zero-order valence-corrected chi connectivity index (χ0v) is 17.0. The number of hydrazine groups is 1. The molecule has 0 bridgehead atoms. The van der Waals surface area contributed by atoms with Gasteiger partial charge in [-0.15, -0.1) is 0 Å². The fourth-order valence-electron chi connectivity index (χ4n) is 3.77. The third-order valence-corrected chi connectivity index (χ3v) is 5.40. The average molecular weight is 393 g/mol. The zero-order chi connectivity index (χ0) is 20.2. The van der Waals surface area contributed by atoms with E-state index in [0.29, 0.717) is 11.7 Å². The Morgan fingerprint density at radius 2 is 2.24 bits per heavy atom. The van der Waals surface area contributed by atoms with Crippen molar-refractivity contribution in [1.82, 2.24) is 35.3 Å². The predicted octanol–water partition coefficient (Wildman–Crippen LogP) is 2.17. The molecule has 4 rings (SSSR count). The molecule has 8 nitrogen and oxygen atoms in total. The van der Waals surface area contributed by atoms with E-state index in [9.17, 15) is 0 Å². The van der Waals surface area contributed by atoms with Crippen molar-refractivity contribution in [2.75, 3.05) is 25.9 Å². The molecule has 1 unspecified atom stereocenters. The van der Waals surface area contributed by atoms with Crippen LogP contribution < -0.4 is 16.5 Å². The maximum atomic E-state index is 6.30. The van der Waals surface area contributed by atoms with E-state index >= 15 is 0 Å². The molecule has 0 saturated carbocycles. The Labute approximate surface area is 170 Å². The first-order chi connectivity index (χ1) is 14.2. The molecule has 1 aliphatic heterocycles. The molecule has 0 radical (unpaired) electrons. The molecule has 4 heterocycles. The minimum atomic E-state index is 0.392. The van der Waals surface area contributed by atoms with Gasteiger partial charge in [0.2, 0.25) is 0 Å². The number of pyridine rings is 1. The van der Waals surface area contributed by atoms with Crippen molar-refractivity contribution in [3.8, 4) is 0 Å². The summed E-state index contributed by atoms with van der Waals surface area (Å²) in [5.41, 5.74) is 14.6. The summed E-state index contributed by atoms with van der Waals surface area (Å²) >= 11 is 0. The summed E-state index contributed by atoms with van der Waals surface area (Å²) in [6.07, 6.45) is 9.82. The van der Waals surface area contributed by atoms with E-state index in [1.165, 1.54) is 5.56 Å². The Hall–Kier alpha value is -2.97. The van der Waals surface area contributed by atoms with E-state index in [2.05, 4.69) is 33.9 Å². The lowest BCUT2D eigenvalue weighted by Crippen LogP contribution is -2.29. The lowest BCUT2D eigenvalue weighted by molar-refractivity contribution is 0.291. The van der Waals surface area contributed by atoms with Gasteiger partial charge in [-0.25, -0.2) is 10.4 Å². The average Bonchev–Trinajstić information content (AvgIpc) is 3.19. The number of hydrogen-bond acceptors (Lipinski definition) is 7. The van der Waals surface area contributed by atoms with Crippen LogP contribution in [0.4, 0.5) is 5.82 Å². The molecule has 152 valence electrons. The van der Waals surface area contributed by atoms with Gasteiger partial charge in [0.25, 0.3) is 0 Å². The van der Waals surface area contributed by atoms with Crippen LogP contribution in [0.2, 0.25) is 0 Å². The van der Waals surface area contributed by atoms with Crippen LogP contribution in [0.1, 0.15) is 42.5 Å². The molecule has 3 aromatic heterocycles. The Balaban J connectivity index is 1.65. The van der Waals surface area contributed by atoms with Crippen molar-refractivity contribution in [3.05, 3.63) is 59.8 Å². The molecule has 8 heteroatoms. The van der Waals surface area contributed by atoms with E-state index in [1.807, 2.05) is 36.5 Å². The standard InChI is InChI=1S/C21H28N8/c1-15(13-28(23-2)14-16-5-8-24-9-6-16)18-12-26-29-20(22)10-19(27-21(18)29)17-4-3-7-25-11-17/h5-6,8-10,12-13,17,23,25H,3-4,7,11,14,22H2,1-2H3/b15-13+. The highest BCUT2D eigenvalue weighted by molar-refractivity contribution is 5.75. The van der Waals surface area contributed by atoms with Gasteiger partial charge in [0.05, 0.1) is 18.4 Å². The van der Waals surface area contributed by atoms with Crippen LogP contribution in [-0.4, -0.2) is 44.7 Å². The summed E-state index contributed by atoms with van der Waals surface area (Å²) in [5, 5.41) is 9.96. The molecule has 0 spiro atoms. The predicted molar refractivity (Wildman–Crippen MR) is 115 cm³/mol. The third-order valence-electron chi connectivity index (χ3n) is 5.40. The number of nitrogens with two attached hydrogens (primary N) is 1. The number of fused-ring (bicyclic) bond motifs is 1. The Bertz CT molecular complexity index is 989. The summed E-state index contributed by atoms with van der Waals surface area (Å²) < 4.78 is 1.72. The number of anilines is 1. The Morgan fingerprint density at radius 1 is 1.41 bits per heavy atom. The molecule has 29 heavy (non-hydrogen) atoms. The minimum absolute atomic E-state index is 0.392. The molecule has 0 amide bonds. The summed E-state index contributed by atoms with van der Waals surface area (Å²) in [7, 11) is 1.91. The minimum Gasteiger partial charge on any atom is -0.384 e. The van der Waals surface area contributed by atoms with Gasteiger partial charge < -0.3 is 16.1 Å². The second-order valence-corrected chi connectivity index (χ2v) is 7.46. The lowest BCUT2D eigenvalue weighted by Gasteiger charge is -2.22. The first kappa shape index (κ1) is 19.4. The Morgan fingerprint density at radius 3 is 2.97 bits per heavy atom. The summed E-state index contributed by atoms with van der Waals surface area (Å²) in [6, 6.07) is 5.98. The topological polar surface area (TPSA) is 96.4 Å². The highest BCUT2D eigenvalue weighted by atomic mass is 15.5. The maximum absolute atomic E-state index is 6.30. The van der Waals surface area contributed by atoms with Crippen molar-refractivity contribution in [3.63, 3.8) is 0 Å². The number of nitrogen functional groups attached to an aromatic ring is 1. The molecule has 3 aromatic rings. The molecular formula is C21H28N8. The quantitative estimate of drug-likeness (QED) is 0.553. The molecule has 1 saturated heterocycles. The van der Waals surface area contributed by atoms with Gasteiger partial charge in [-0.05, 0) is 49.6 Å². The lowest BCUT2D eigenvalue weighted by atomic mass is 9.96. The van der Waals surface area contributed by atoms with E-state index < -0.39 is 0 Å². The molecule has 1 atom stereocenters. The van der Waals surface area contributed by atoms with Crippen LogP contribution >= 0.6 is 0 Å². The molecular weight excluding hydrogens is 364 g/mol. The van der Waals surface area contributed by atoms with Crippen LogP contribution in [0, 0.1) is 0 Å². The van der Waals surface area contributed by atoms with Crippen LogP contribution in [0.3, 0.4) is 0 Å². The molecule has 1 fully saturated rings. The van der Waals surface area contributed by atoms with E-state index in [4.69, 9.17) is 10.7 Å². The second kappa shape index (κ2) is 8.59. The normalized spacial score (nSPS) is 17.6. The van der Waals surface area contributed by atoms with Gasteiger partial charge >= 0.3 is 0 Å². The monoisotopic (exact) mass is 392 g/mol. The molecule has 4 N–H and O–H groups in total. The number of rotatable bonds is 6. The van der Waals surface area contributed by atoms with Gasteiger partial charge in [-0.2, -0.15) is 9.61 Å². The number of aromatic nitrogens is 4. The van der Waals surface area contributed by atoms with Crippen LogP contribution in [0.15, 0.2) is 43.0 Å². The van der Waals surface area contributed by atoms with Crippen molar-refractivity contribution in [1.29, 1.82) is 0 Å². The van der Waals surface area contributed by atoms with Crippen molar-refractivity contribution < 1.29 is 0 Å². The summed E-state index contributed by atoms with van der Waals surface area (Å²) in [6.45, 7) is 4.82. The first-order valence-electron chi connectivity index (χ1n) is 10.0. The van der Waals surface area contributed by atoms with E-state index in [0.717, 1.165) is 55.0 Å². The molecule has 0 aliphatic carbocycles. The number of hydrogen-bond donors (Lipinski definition) is 3. The van der Waals surface area contributed by atoms with Gasteiger partial charge in [-0.3, -0.25) is 4.98 Å². The second-order valence-electron chi connectivity index (χ2n) is 7.46. The zero-order valence-electron chi connectivity index (χ0n) is 17.0. The number of nitrogens with one attached hydrogen (secondary N) is 2. The third kappa shape index (κ3) is 4.23. The summed E-state index contributed by atoms with van der Waals surface area (Å²) in [5.74, 6) is 1.01. The van der Waals surface area contributed by atoms with Gasteiger partial charge in [-0.1, -0.05) is 0 Å². The fraction of sp³-hybridized carbons (Fsp3) is 0.381. The number of nitrogens with zero attached hydrogens (tertiary/aromatic N) is 5. The maximum Gasteiger partial charge on any atom is 0.165 e. The number of piperidine rings is 1. The smallest absolute Gasteiger partial charge is 0.165 e. The molecule has 0 aromatic carbocycles. The van der Waals surface area contributed by atoms with Crippen LogP contribution in [0.25, 0.3) is 11.2 Å². The first-order valence-corrected chi connectivity index (χ1v) is 10.0. The van der Waals surface area contributed by atoms with Crippen LogP contribution in [0.5, 0.6) is 0 Å². The number of allylic oxidation sites excluding steroid dienone is 1. The fourth-order valence-corrected chi connectivity index (χ4v) is 3.77. The van der Waals surface area contributed by atoms with Crippen molar-refractivity contribution in [2.24, 2.45) is 0 Å². The SMILES string of the molecule is CNN(/C=C(\C)c1cnn2c(N)cc(C3CCCNC3)nc12)Cc1ccncc1. The van der Waals surface area contributed by atoms with Crippen molar-refractivity contribution in [2.45, 2.75) is 32.2 Å². The van der Waals surface area contributed by atoms with E-state index in [-0.39, 0.29) is 0 Å². The van der Waals surface area contributed by atoms with Gasteiger partial charge in [0.15, 0.2) is 5.65 Å². The van der Waals surface area contributed by atoms with Gasteiger partial charge in [0.1, 0.15) is 5.82 Å². The molecule has 1 aliphatic rings. The Kier molecular flexibility index (Phi) is 5.73.